The van der Waals surface area contributed by atoms with Gasteiger partial charge >= 0.3 is 6.85 Å². The van der Waals surface area contributed by atoms with E-state index in [1.807, 2.05) is 0 Å². The third kappa shape index (κ3) is 3.11. The Morgan fingerprint density at radius 2 is 1.35 bits per heavy atom. The highest BCUT2D eigenvalue weighted by atomic mass is 31.1. The first kappa shape index (κ1) is 27.8. The van der Waals surface area contributed by atoms with Crippen LogP contribution in [0.1, 0.15) is 11.1 Å². The van der Waals surface area contributed by atoms with Crippen LogP contribution in [-0.2, 0) is 0 Å². The minimum absolute atomic E-state index is 0.00857. The van der Waals surface area contributed by atoms with E-state index in [0.717, 1.165) is 22.4 Å². The number of nitrogens with zero attached hydrogens (tertiary/aromatic N) is 5. The van der Waals surface area contributed by atoms with Crippen LogP contribution < -0.4 is 24.5 Å². The smallest absolute Gasteiger partial charge is 0.328 e. The van der Waals surface area contributed by atoms with Gasteiger partial charge in [0.2, 0.25) is 6.20 Å². The van der Waals surface area contributed by atoms with E-state index in [4.69, 9.17) is 0 Å². The number of aromatic nitrogens is 3. The molecule has 52 heavy (non-hydrogen) atoms. The molecule has 0 fully saturated rings. The van der Waals surface area contributed by atoms with Crippen molar-refractivity contribution in [3.8, 4) is 5.69 Å². The average Bonchev–Trinajstić information content (AvgIpc) is 3.82. The number of rotatable bonds is 2. The molecule has 0 N–H and O–H groups in total. The monoisotopic (exact) mass is 698 g/mol. The summed E-state index contributed by atoms with van der Waals surface area (Å²) in [5, 5.41) is 11.2. The van der Waals surface area contributed by atoms with Gasteiger partial charge in [0.15, 0.2) is 0 Å². The molecule has 1 aromatic heterocycles. The van der Waals surface area contributed by atoms with Gasteiger partial charge in [-0.1, -0.05) is 95.8 Å². The number of anilines is 2. The Hall–Kier alpha value is -5.93. The van der Waals surface area contributed by atoms with Crippen LogP contribution in [0.15, 0.2) is 139 Å². The predicted octanol–water partition coefficient (Wildman–Crippen LogP) is 7.95. The van der Waals surface area contributed by atoms with Gasteiger partial charge in [0.25, 0.3) is 5.36 Å². The molecular weight excluding hydrogens is 671 g/mol. The van der Waals surface area contributed by atoms with Crippen LogP contribution in [0.5, 0.6) is 0 Å². The standard InChI is InChI=1S/C44H27BN5P2/c1-51-49-34-22-28-10-4-3-9-27(28)21-33(34)45-39-37(31-15-7-13-25-17-19-46(45)40(25)31)38-32-16-8-14-26-18-20-47(41(26)32)48-35-23-29-11-5-6-12-30(29)24-36(35)50(52-2)44(42(38)48)43(39)49/h3-24,43H,1-2H2/q+1. The largest absolute Gasteiger partial charge is 0.382 e. The third-order valence-corrected chi connectivity index (χ3v) is 13.5. The fraction of sp³-hybridized carbons (Fsp3) is 0.0227. The first-order chi connectivity index (χ1) is 25.7. The van der Waals surface area contributed by atoms with Gasteiger partial charge in [0.1, 0.15) is 11.0 Å². The minimum Gasteiger partial charge on any atom is -0.382 e. The Morgan fingerprint density at radius 1 is 0.654 bits per heavy atom. The van der Waals surface area contributed by atoms with Crippen molar-refractivity contribution < 1.29 is 4.36 Å². The fourth-order valence-electron chi connectivity index (χ4n) is 10.1. The maximum absolute atomic E-state index is 4.64. The lowest BCUT2D eigenvalue weighted by molar-refractivity contribution is -0.597. The average molecular weight is 698 g/mol. The highest BCUT2D eigenvalue weighted by Gasteiger charge is 2.52. The molecule has 13 rings (SSSR count). The zero-order valence-corrected chi connectivity index (χ0v) is 29.7. The molecule has 0 bridgehead atoms. The van der Waals surface area contributed by atoms with E-state index in [9.17, 15) is 0 Å². The molecule has 5 aliphatic heterocycles. The second-order valence-corrected chi connectivity index (χ2v) is 15.7. The zero-order chi connectivity index (χ0) is 34.0. The molecule has 6 heterocycles. The lowest BCUT2D eigenvalue weighted by atomic mass is 9.42. The Morgan fingerprint density at radius 3 is 2.12 bits per heavy atom. The van der Waals surface area contributed by atoms with Crippen LogP contribution in [-0.4, -0.2) is 34.6 Å². The summed E-state index contributed by atoms with van der Waals surface area (Å²) in [5.74, 6) is 0. The highest BCUT2D eigenvalue weighted by molar-refractivity contribution is 7.40. The third-order valence-electron chi connectivity index (χ3n) is 12.0. The van der Waals surface area contributed by atoms with E-state index in [1.54, 1.807) is 0 Å². The zero-order valence-electron chi connectivity index (χ0n) is 27.9. The second-order valence-electron chi connectivity index (χ2n) is 14.3. The Labute approximate surface area is 302 Å². The van der Waals surface area contributed by atoms with E-state index in [0.29, 0.717) is 0 Å². The van der Waals surface area contributed by atoms with Gasteiger partial charge in [0, 0.05) is 45.1 Å². The normalized spacial score (nSPS) is 16.9. The first-order valence-corrected chi connectivity index (χ1v) is 19.7. The topological polar surface area (TPSA) is 22.2 Å². The molecule has 1 atom stereocenters. The molecule has 0 saturated heterocycles. The highest BCUT2D eigenvalue weighted by Crippen LogP contribution is 2.52. The summed E-state index contributed by atoms with van der Waals surface area (Å²) in [6, 6.07) is 45.3. The fourth-order valence-corrected chi connectivity index (χ4v) is 11.5. The van der Waals surface area contributed by atoms with Gasteiger partial charge in [-0.3, -0.25) is 4.67 Å². The summed E-state index contributed by atoms with van der Waals surface area (Å²) in [5.41, 5.74) is 12.8. The molecule has 7 aromatic rings. The summed E-state index contributed by atoms with van der Waals surface area (Å²) in [6.07, 6.45) is 13.8. The lowest BCUT2D eigenvalue weighted by Gasteiger charge is -2.49. The Kier molecular flexibility index (Phi) is 5.06. The van der Waals surface area contributed by atoms with Crippen LogP contribution >= 0.6 is 16.7 Å². The quantitative estimate of drug-likeness (QED) is 0.104. The van der Waals surface area contributed by atoms with Crippen molar-refractivity contribution in [2.24, 2.45) is 0 Å². The lowest BCUT2D eigenvalue weighted by Crippen LogP contribution is -2.61. The van der Waals surface area contributed by atoms with E-state index < -0.39 is 0 Å². The molecular formula is C44H27BN5P2+. The summed E-state index contributed by atoms with van der Waals surface area (Å²) >= 11 is 0. The second kappa shape index (κ2) is 9.49. The molecule has 6 aromatic carbocycles. The van der Waals surface area contributed by atoms with Crippen molar-refractivity contribution >= 4 is 107 Å². The van der Waals surface area contributed by atoms with Crippen molar-refractivity contribution in [1.82, 2.24) is 9.16 Å². The number of hydrogen-bond donors (Lipinski definition) is 0. The minimum atomic E-state index is -0.0925. The van der Waals surface area contributed by atoms with Gasteiger partial charge in [0.05, 0.1) is 28.2 Å². The van der Waals surface area contributed by atoms with Gasteiger partial charge in [-0.15, -0.1) is 4.68 Å². The van der Waals surface area contributed by atoms with Gasteiger partial charge in [-0.2, -0.15) is 0 Å². The van der Waals surface area contributed by atoms with Crippen LogP contribution in [0.3, 0.4) is 0 Å². The Bertz CT molecular complexity index is 3340. The molecule has 5 nitrogen and oxygen atoms in total. The number of benzene rings is 6. The number of hydrogen-bond acceptors (Lipinski definition) is 2. The van der Waals surface area contributed by atoms with Crippen molar-refractivity contribution in [2.45, 2.75) is 6.04 Å². The molecule has 1 unspecified atom stereocenters. The summed E-state index contributed by atoms with van der Waals surface area (Å²) < 4.78 is 12.5. The van der Waals surface area contributed by atoms with Crippen molar-refractivity contribution in [2.75, 3.05) is 9.34 Å². The van der Waals surface area contributed by atoms with Crippen molar-refractivity contribution in [3.05, 3.63) is 161 Å². The van der Waals surface area contributed by atoms with E-state index in [-0.39, 0.29) is 12.9 Å². The molecule has 0 saturated carbocycles. The molecule has 0 radical (unpaired) electrons. The predicted molar refractivity (Wildman–Crippen MR) is 221 cm³/mol. The Balaban J connectivity index is 1.31. The molecule has 0 amide bonds. The summed E-state index contributed by atoms with van der Waals surface area (Å²) in [7, 11) is 1.85. The summed E-state index contributed by atoms with van der Waals surface area (Å²) in [4.78, 5) is 0. The molecule has 0 spiro atoms. The van der Waals surface area contributed by atoms with E-state index in [1.165, 1.54) is 98.6 Å². The first-order valence-electron chi connectivity index (χ1n) is 17.7. The van der Waals surface area contributed by atoms with Crippen molar-refractivity contribution in [3.63, 3.8) is 0 Å². The maximum atomic E-state index is 4.64. The summed E-state index contributed by atoms with van der Waals surface area (Å²) in [6.45, 7) is 0.00857. The van der Waals surface area contributed by atoms with Gasteiger partial charge < -0.3 is 9.15 Å². The van der Waals surface area contributed by atoms with Gasteiger partial charge in [-0.25, -0.2) is 0 Å². The maximum Gasteiger partial charge on any atom is 0.328 e. The van der Waals surface area contributed by atoms with Crippen LogP contribution in [0.25, 0.3) is 60.2 Å². The number of para-hydroxylation sites is 2. The molecule has 6 aliphatic rings. The SMILES string of the molecule is C=PN1C2=c3c(c4cccc5cc[n+](n3-c3cc6ccccc6cc31)=c54)C1=C3B(c4cc5ccccc5cc4N(P=C)C32)n2ccc3cccc1c32. The van der Waals surface area contributed by atoms with Crippen molar-refractivity contribution in [1.29, 1.82) is 0 Å². The molecule has 8 heteroatoms. The van der Waals surface area contributed by atoms with E-state index in [2.05, 4.69) is 169 Å². The van der Waals surface area contributed by atoms with E-state index >= 15 is 0 Å². The number of fused-ring (bicyclic) bond motifs is 12. The van der Waals surface area contributed by atoms with Gasteiger partial charge in [-0.05, 0) is 86.0 Å². The van der Waals surface area contributed by atoms with Crippen LogP contribution in [0, 0.1) is 5.36 Å². The van der Waals surface area contributed by atoms with Crippen LogP contribution in [0.2, 0.25) is 0 Å². The molecule has 1 aliphatic carbocycles. The van der Waals surface area contributed by atoms with Crippen LogP contribution in [0.4, 0.5) is 11.4 Å². The molecule has 240 valence electrons.